The zero-order chi connectivity index (χ0) is 20.1. The van der Waals surface area contributed by atoms with Gasteiger partial charge < -0.3 is 15.4 Å². The minimum atomic E-state index is -0.221. The van der Waals surface area contributed by atoms with E-state index in [4.69, 9.17) is 4.74 Å². The summed E-state index contributed by atoms with van der Waals surface area (Å²) in [7, 11) is 1.69. The van der Waals surface area contributed by atoms with Gasteiger partial charge in [-0.2, -0.15) is 0 Å². The van der Waals surface area contributed by atoms with Crippen LogP contribution in [0.15, 0.2) is 47.6 Å². The molecule has 2 N–H and O–H groups in total. The van der Waals surface area contributed by atoms with Gasteiger partial charge in [0.15, 0.2) is 0 Å². The highest BCUT2D eigenvalue weighted by molar-refractivity contribution is 6.02. The highest BCUT2D eigenvalue weighted by Crippen LogP contribution is 2.20. The van der Waals surface area contributed by atoms with Crippen molar-refractivity contribution in [2.24, 2.45) is 4.99 Å². The zero-order valence-corrected chi connectivity index (χ0v) is 17.0. The van der Waals surface area contributed by atoms with Crippen LogP contribution in [0.2, 0.25) is 0 Å². The molecule has 1 aliphatic heterocycles. The van der Waals surface area contributed by atoms with Gasteiger partial charge >= 0.3 is 0 Å². The number of ether oxygens (including phenoxy) is 1. The minimum Gasteiger partial charge on any atom is -0.382 e. The van der Waals surface area contributed by atoms with Gasteiger partial charge in [0.25, 0.3) is 0 Å². The number of fused-ring (bicyclic) bond motifs is 1. The number of nitrogens with one attached hydrogen (secondary N) is 2. The molecule has 2 aromatic rings. The third-order valence-corrected chi connectivity index (χ3v) is 4.69. The fraction of sp³-hybridized carbons (Fsp3) is 0.409. The van der Waals surface area contributed by atoms with Crippen LogP contribution in [-0.2, 0) is 22.5 Å². The summed E-state index contributed by atoms with van der Waals surface area (Å²) in [5, 5.41) is 6.45. The number of carbonyl (C=O) groups excluding carboxylic acids is 1. The van der Waals surface area contributed by atoms with Gasteiger partial charge in [-0.25, -0.2) is 0 Å². The molecule has 0 fully saturated rings. The van der Waals surface area contributed by atoms with Gasteiger partial charge in [0.05, 0.1) is 36.8 Å². The first-order valence-corrected chi connectivity index (χ1v) is 9.52. The molecule has 1 amide bonds. The maximum Gasteiger partial charge on any atom is 0.226 e. The third kappa shape index (κ3) is 4.95. The van der Waals surface area contributed by atoms with E-state index in [0.717, 1.165) is 28.2 Å². The van der Waals surface area contributed by atoms with Crippen molar-refractivity contribution >= 4 is 11.7 Å². The maximum atomic E-state index is 12.4. The molecule has 0 aliphatic carbocycles. The van der Waals surface area contributed by atoms with E-state index >= 15 is 0 Å². The van der Waals surface area contributed by atoms with Crippen molar-refractivity contribution in [3.8, 4) is 0 Å². The van der Waals surface area contributed by atoms with Crippen molar-refractivity contribution < 1.29 is 9.53 Å². The van der Waals surface area contributed by atoms with Gasteiger partial charge in [0, 0.05) is 18.9 Å². The van der Waals surface area contributed by atoms with Gasteiger partial charge in [0.1, 0.15) is 5.84 Å². The average Bonchev–Trinajstić information content (AvgIpc) is 3.03. The highest BCUT2D eigenvalue weighted by atomic mass is 16.5. The maximum absolute atomic E-state index is 12.4. The number of pyridine rings is 1. The summed E-state index contributed by atoms with van der Waals surface area (Å²) < 4.78 is 5.25. The van der Waals surface area contributed by atoms with Crippen LogP contribution in [0.1, 0.15) is 49.2 Å². The number of carbonyl (C=O) groups is 1. The van der Waals surface area contributed by atoms with Crippen LogP contribution in [0.4, 0.5) is 0 Å². The molecule has 0 saturated heterocycles. The van der Waals surface area contributed by atoms with E-state index in [-0.39, 0.29) is 23.9 Å². The van der Waals surface area contributed by atoms with Crippen LogP contribution in [0.3, 0.4) is 0 Å². The number of nitrogens with zero attached hydrogens (tertiary/aromatic N) is 2. The molecule has 0 spiro atoms. The Labute approximate surface area is 166 Å². The van der Waals surface area contributed by atoms with Gasteiger partial charge in [-0.05, 0) is 38.0 Å². The number of aliphatic imine (C=N–C) groups is 1. The number of amidine groups is 1. The first kappa shape index (κ1) is 20.0. The molecule has 0 radical (unpaired) electrons. The van der Waals surface area contributed by atoms with E-state index in [2.05, 4.69) is 34.5 Å². The SMILES string of the molecule is COCC(C)(C)NC1=NCc2cc(CC(=O)N[C@H](C)c3ccccc3)ncc21. The fourth-order valence-electron chi connectivity index (χ4n) is 3.34. The van der Waals surface area contributed by atoms with E-state index in [1.807, 2.05) is 43.3 Å². The molecule has 1 aromatic carbocycles. The van der Waals surface area contributed by atoms with Crippen LogP contribution in [0.25, 0.3) is 0 Å². The van der Waals surface area contributed by atoms with Gasteiger partial charge in [-0.3, -0.25) is 14.8 Å². The molecule has 148 valence electrons. The first-order chi connectivity index (χ1) is 13.4. The number of methoxy groups -OCH3 is 1. The van der Waals surface area contributed by atoms with Crippen LogP contribution < -0.4 is 10.6 Å². The molecule has 1 atom stereocenters. The first-order valence-electron chi connectivity index (χ1n) is 9.52. The van der Waals surface area contributed by atoms with Crippen molar-refractivity contribution in [3.05, 3.63) is 65.0 Å². The number of hydrogen-bond donors (Lipinski definition) is 2. The predicted molar refractivity (Wildman–Crippen MR) is 110 cm³/mol. The van der Waals surface area contributed by atoms with Gasteiger partial charge in [-0.15, -0.1) is 0 Å². The lowest BCUT2D eigenvalue weighted by Crippen LogP contribution is -2.46. The topological polar surface area (TPSA) is 75.6 Å². The summed E-state index contributed by atoms with van der Waals surface area (Å²) in [6.07, 6.45) is 2.06. The molecule has 1 aliphatic rings. The molecule has 6 heteroatoms. The van der Waals surface area contributed by atoms with E-state index in [1.165, 1.54) is 0 Å². The Hall–Kier alpha value is -2.73. The molecule has 3 rings (SSSR count). The molecule has 2 heterocycles. The van der Waals surface area contributed by atoms with Crippen LogP contribution in [0, 0.1) is 0 Å². The molecule has 0 unspecified atom stereocenters. The number of hydrogen-bond acceptors (Lipinski definition) is 5. The molecular weight excluding hydrogens is 352 g/mol. The Kier molecular flexibility index (Phi) is 6.09. The lowest BCUT2D eigenvalue weighted by Gasteiger charge is -2.26. The van der Waals surface area contributed by atoms with E-state index in [0.29, 0.717) is 13.2 Å². The summed E-state index contributed by atoms with van der Waals surface area (Å²) in [5.41, 5.74) is 3.70. The van der Waals surface area contributed by atoms with Crippen molar-refractivity contribution in [1.82, 2.24) is 15.6 Å². The van der Waals surface area contributed by atoms with Crippen molar-refractivity contribution in [1.29, 1.82) is 0 Å². The summed E-state index contributed by atoms with van der Waals surface area (Å²) in [5.74, 6) is 0.792. The van der Waals surface area contributed by atoms with Crippen molar-refractivity contribution in [3.63, 3.8) is 0 Å². The quantitative estimate of drug-likeness (QED) is 0.774. The second-order valence-electron chi connectivity index (χ2n) is 7.82. The Bertz CT molecular complexity index is 862. The zero-order valence-electron chi connectivity index (χ0n) is 17.0. The minimum absolute atomic E-state index is 0.0368. The lowest BCUT2D eigenvalue weighted by atomic mass is 10.0. The highest BCUT2D eigenvalue weighted by Gasteiger charge is 2.24. The molecule has 0 saturated carbocycles. The summed E-state index contributed by atoms with van der Waals surface area (Å²) in [6, 6.07) is 11.9. The van der Waals surface area contributed by atoms with E-state index in [1.54, 1.807) is 13.3 Å². The predicted octanol–water partition coefficient (Wildman–Crippen LogP) is 2.78. The second kappa shape index (κ2) is 8.52. The molecule has 28 heavy (non-hydrogen) atoms. The summed E-state index contributed by atoms with van der Waals surface area (Å²) in [6.45, 7) is 7.29. The van der Waals surface area contributed by atoms with Gasteiger partial charge in [-0.1, -0.05) is 30.3 Å². The lowest BCUT2D eigenvalue weighted by molar-refractivity contribution is -0.121. The Morgan fingerprint density at radius 3 is 2.75 bits per heavy atom. The fourth-order valence-corrected chi connectivity index (χ4v) is 3.34. The number of rotatable bonds is 7. The second-order valence-corrected chi connectivity index (χ2v) is 7.82. The number of benzene rings is 1. The number of amides is 1. The molecular formula is C22H28N4O2. The molecule has 6 nitrogen and oxygen atoms in total. The van der Waals surface area contributed by atoms with Crippen LogP contribution in [-0.4, -0.2) is 36.0 Å². The Balaban J connectivity index is 1.61. The standard InChI is InChI=1S/C22H28N4O2/c1-15(16-8-6-5-7-9-16)25-20(27)11-18-10-17-12-24-21(19(17)13-23-18)26-22(2,3)14-28-4/h5-10,13,15H,11-12,14H2,1-4H3,(H,24,26)(H,25,27)/t15-/m1/s1. The molecule has 0 bridgehead atoms. The van der Waals surface area contributed by atoms with Crippen molar-refractivity contribution in [2.45, 2.75) is 45.3 Å². The normalized spacial score (nSPS) is 14.2. The van der Waals surface area contributed by atoms with Crippen LogP contribution >= 0.6 is 0 Å². The van der Waals surface area contributed by atoms with E-state index in [9.17, 15) is 4.79 Å². The Morgan fingerprint density at radius 1 is 1.29 bits per heavy atom. The summed E-state index contributed by atoms with van der Waals surface area (Å²) >= 11 is 0. The van der Waals surface area contributed by atoms with Gasteiger partial charge in [0.2, 0.25) is 5.91 Å². The largest absolute Gasteiger partial charge is 0.382 e. The average molecular weight is 380 g/mol. The number of aromatic nitrogens is 1. The monoisotopic (exact) mass is 380 g/mol. The van der Waals surface area contributed by atoms with Crippen LogP contribution in [0.5, 0.6) is 0 Å². The van der Waals surface area contributed by atoms with E-state index < -0.39 is 0 Å². The van der Waals surface area contributed by atoms with Crippen molar-refractivity contribution in [2.75, 3.05) is 13.7 Å². The third-order valence-electron chi connectivity index (χ3n) is 4.69. The summed E-state index contributed by atoms with van der Waals surface area (Å²) in [4.78, 5) is 21.5. The molecule has 1 aromatic heterocycles. The smallest absolute Gasteiger partial charge is 0.226 e. The Morgan fingerprint density at radius 2 is 2.04 bits per heavy atom.